The van der Waals surface area contributed by atoms with Crippen LogP contribution in [0.2, 0.25) is 0 Å². The first-order valence-corrected chi connectivity index (χ1v) is 8.32. The molecule has 0 saturated heterocycles. The zero-order valence-electron chi connectivity index (χ0n) is 13.9. The maximum Gasteiger partial charge on any atom is 0.200 e. The Bertz CT molecular complexity index is 1030. The minimum absolute atomic E-state index is 0.135. The number of aromatic hydroxyl groups is 1. The summed E-state index contributed by atoms with van der Waals surface area (Å²) in [6, 6.07) is 27.5. The minimum Gasteiger partial charge on any atom is -0.504 e. The van der Waals surface area contributed by atoms with Crippen LogP contribution in [0.1, 0.15) is 15.9 Å². The Morgan fingerprint density at radius 3 is 1.65 bits per heavy atom. The summed E-state index contributed by atoms with van der Waals surface area (Å²) >= 11 is 0. The standard InChI is InChI=1S/C23H16O3/c24-20(16-10-4-1-5-11-16)19-21(25)23(18-14-8-3-9-15-18)26-22(19)17-12-6-2-7-13-17/h1-15,25H. The number of hydrogen-bond acceptors (Lipinski definition) is 3. The Balaban J connectivity index is 1.94. The maximum absolute atomic E-state index is 13.1. The van der Waals surface area contributed by atoms with Gasteiger partial charge < -0.3 is 9.52 Å². The molecular formula is C23H16O3. The summed E-state index contributed by atoms with van der Waals surface area (Å²) in [5.74, 6) is 0.260. The molecule has 3 nitrogen and oxygen atoms in total. The van der Waals surface area contributed by atoms with E-state index in [2.05, 4.69) is 0 Å². The fraction of sp³-hybridized carbons (Fsp3) is 0. The Kier molecular flexibility index (Phi) is 4.12. The van der Waals surface area contributed by atoms with Crippen LogP contribution in [0.3, 0.4) is 0 Å². The molecule has 0 aliphatic rings. The highest BCUT2D eigenvalue weighted by atomic mass is 16.4. The maximum atomic E-state index is 13.1. The van der Waals surface area contributed by atoms with Crippen molar-refractivity contribution in [3.63, 3.8) is 0 Å². The van der Waals surface area contributed by atoms with Gasteiger partial charge in [-0.2, -0.15) is 0 Å². The molecule has 3 heteroatoms. The number of benzene rings is 3. The summed E-state index contributed by atoms with van der Waals surface area (Å²) in [7, 11) is 0. The van der Waals surface area contributed by atoms with Crippen molar-refractivity contribution in [2.75, 3.05) is 0 Å². The molecule has 1 aromatic heterocycles. The highest BCUT2D eigenvalue weighted by Gasteiger charge is 2.27. The molecule has 26 heavy (non-hydrogen) atoms. The molecular weight excluding hydrogens is 324 g/mol. The van der Waals surface area contributed by atoms with Crippen molar-refractivity contribution in [3.8, 4) is 28.4 Å². The van der Waals surface area contributed by atoms with Crippen molar-refractivity contribution in [1.29, 1.82) is 0 Å². The van der Waals surface area contributed by atoms with Crippen LogP contribution in [0.5, 0.6) is 5.75 Å². The Morgan fingerprint density at radius 2 is 1.12 bits per heavy atom. The van der Waals surface area contributed by atoms with E-state index in [-0.39, 0.29) is 17.1 Å². The zero-order chi connectivity index (χ0) is 17.9. The summed E-state index contributed by atoms with van der Waals surface area (Å²) in [6.45, 7) is 0. The number of carbonyl (C=O) groups is 1. The molecule has 126 valence electrons. The van der Waals surface area contributed by atoms with Gasteiger partial charge in [0.05, 0.1) is 0 Å². The lowest BCUT2D eigenvalue weighted by molar-refractivity contribution is 0.103. The van der Waals surface area contributed by atoms with Gasteiger partial charge in [-0.1, -0.05) is 91.0 Å². The van der Waals surface area contributed by atoms with Gasteiger partial charge in [-0.05, 0) is 0 Å². The molecule has 0 amide bonds. The largest absolute Gasteiger partial charge is 0.504 e. The average molecular weight is 340 g/mol. The molecule has 0 radical (unpaired) electrons. The summed E-state index contributed by atoms with van der Waals surface area (Å²) in [5, 5.41) is 10.8. The molecule has 0 spiro atoms. The smallest absolute Gasteiger partial charge is 0.200 e. The number of hydrogen-bond donors (Lipinski definition) is 1. The van der Waals surface area contributed by atoms with Gasteiger partial charge >= 0.3 is 0 Å². The van der Waals surface area contributed by atoms with E-state index in [4.69, 9.17) is 4.42 Å². The lowest BCUT2D eigenvalue weighted by Gasteiger charge is -2.03. The topological polar surface area (TPSA) is 50.4 Å². The number of ketones is 1. The van der Waals surface area contributed by atoms with Crippen molar-refractivity contribution in [1.82, 2.24) is 0 Å². The van der Waals surface area contributed by atoms with Crippen LogP contribution in [0.25, 0.3) is 22.6 Å². The predicted octanol–water partition coefficient (Wildman–Crippen LogP) is 5.55. The summed E-state index contributed by atoms with van der Waals surface area (Å²) < 4.78 is 5.99. The van der Waals surface area contributed by atoms with Crippen molar-refractivity contribution in [3.05, 3.63) is 102 Å². The Morgan fingerprint density at radius 1 is 0.654 bits per heavy atom. The third kappa shape index (κ3) is 2.80. The summed E-state index contributed by atoms with van der Waals surface area (Å²) in [5.41, 5.74) is 2.14. The number of furan rings is 1. The van der Waals surface area contributed by atoms with E-state index in [1.54, 1.807) is 24.3 Å². The van der Waals surface area contributed by atoms with Gasteiger partial charge in [0.1, 0.15) is 11.3 Å². The lowest BCUT2D eigenvalue weighted by atomic mass is 9.99. The van der Waals surface area contributed by atoms with Crippen molar-refractivity contribution >= 4 is 5.78 Å². The van der Waals surface area contributed by atoms with Crippen LogP contribution >= 0.6 is 0 Å². The number of rotatable bonds is 4. The van der Waals surface area contributed by atoms with E-state index in [1.165, 1.54) is 0 Å². The van der Waals surface area contributed by atoms with Crippen molar-refractivity contribution in [2.24, 2.45) is 0 Å². The van der Waals surface area contributed by atoms with Crippen molar-refractivity contribution < 1.29 is 14.3 Å². The van der Waals surface area contributed by atoms with Crippen LogP contribution in [0.15, 0.2) is 95.4 Å². The van der Waals surface area contributed by atoms with Gasteiger partial charge in [0.2, 0.25) is 5.78 Å². The molecule has 4 rings (SSSR count). The molecule has 0 aliphatic carbocycles. The second-order valence-corrected chi connectivity index (χ2v) is 5.91. The molecule has 0 unspecified atom stereocenters. The summed E-state index contributed by atoms with van der Waals surface area (Å²) in [6.07, 6.45) is 0. The Labute approximate surface area is 151 Å². The van der Waals surface area contributed by atoms with E-state index in [0.717, 1.165) is 5.56 Å². The second-order valence-electron chi connectivity index (χ2n) is 5.91. The van der Waals surface area contributed by atoms with Gasteiger partial charge in [-0.15, -0.1) is 0 Å². The minimum atomic E-state index is -0.270. The predicted molar refractivity (Wildman–Crippen MR) is 101 cm³/mol. The van der Waals surface area contributed by atoms with E-state index in [0.29, 0.717) is 22.6 Å². The molecule has 0 atom stereocenters. The molecule has 0 bridgehead atoms. The fourth-order valence-electron chi connectivity index (χ4n) is 2.94. The zero-order valence-corrected chi connectivity index (χ0v) is 13.9. The molecule has 0 aliphatic heterocycles. The lowest BCUT2D eigenvalue weighted by Crippen LogP contribution is -2.01. The SMILES string of the molecule is O=C(c1ccccc1)c1c(-c2ccccc2)oc(-c2ccccc2)c1O. The van der Waals surface area contributed by atoms with Gasteiger partial charge in [-0.25, -0.2) is 0 Å². The van der Waals surface area contributed by atoms with Crippen molar-refractivity contribution in [2.45, 2.75) is 0 Å². The van der Waals surface area contributed by atoms with Crippen LogP contribution in [-0.2, 0) is 0 Å². The first-order chi connectivity index (χ1) is 12.8. The highest BCUT2D eigenvalue weighted by Crippen LogP contribution is 2.42. The van der Waals surface area contributed by atoms with Crippen LogP contribution < -0.4 is 0 Å². The average Bonchev–Trinajstić information content (AvgIpc) is 3.06. The van der Waals surface area contributed by atoms with Crippen LogP contribution in [0.4, 0.5) is 0 Å². The van der Waals surface area contributed by atoms with E-state index < -0.39 is 0 Å². The molecule has 0 fully saturated rings. The molecule has 1 heterocycles. The first kappa shape index (κ1) is 15.9. The second kappa shape index (κ2) is 6.73. The van der Waals surface area contributed by atoms with Crippen LogP contribution in [-0.4, -0.2) is 10.9 Å². The van der Waals surface area contributed by atoms with Gasteiger partial charge in [-0.3, -0.25) is 4.79 Å². The van der Waals surface area contributed by atoms with Crippen LogP contribution in [0, 0.1) is 0 Å². The Hall–Kier alpha value is -3.59. The van der Waals surface area contributed by atoms with Gasteiger partial charge in [0, 0.05) is 16.7 Å². The third-order valence-electron chi connectivity index (χ3n) is 4.22. The molecule has 1 N–H and O–H groups in total. The molecule has 0 saturated carbocycles. The monoisotopic (exact) mass is 340 g/mol. The van der Waals surface area contributed by atoms with Gasteiger partial charge in [0.15, 0.2) is 11.5 Å². The first-order valence-electron chi connectivity index (χ1n) is 8.32. The molecule has 3 aromatic carbocycles. The highest BCUT2D eigenvalue weighted by molar-refractivity contribution is 6.15. The van der Waals surface area contributed by atoms with E-state index in [1.807, 2.05) is 66.7 Å². The quantitative estimate of drug-likeness (QED) is 0.496. The molecule has 4 aromatic rings. The third-order valence-corrected chi connectivity index (χ3v) is 4.22. The van der Waals surface area contributed by atoms with E-state index >= 15 is 0 Å². The van der Waals surface area contributed by atoms with Gasteiger partial charge in [0.25, 0.3) is 0 Å². The number of carbonyl (C=O) groups excluding carboxylic acids is 1. The van der Waals surface area contributed by atoms with E-state index in [9.17, 15) is 9.90 Å². The normalized spacial score (nSPS) is 10.6. The fourth-order valence-corrected chi connectivity index (χ4v) is 2.94. The summed E-state index contributed by atoms with van der Waals surface area (Å²) in [4.78, 5) is 13.1.